The molecule has 29 heavy (non-hydrogen) atoms. The van der Waals surface area contributed by atoms with Crippen molar-refractivity contribution in [2.75, 3.05) is 13.1 Å². The van der Waals surface area contributed by atoms with Crippen LogP contribution in [0.5, 0.6) is 0 Å². The van der Waals surface area contributed by atoms with E-state index in [4.69, 9.17) is 0 Å². The first-order chi connectivity index (χ1) is 13.8. The summed E-state index contributed by atoms with van der Waals surface area (Å²) >= 11 is 1.40. The number of hydrazine groups is 1. The molecule has 0 spiro atoms. The number of amides is 3. The van der Waals surface area contributed by atoms with E-state index in [1.165, 1.54) is 11.3 Å². The van der Waals surface area contributed by atoms with Gasteiger partial charge in [0.2, 0.25) is 5.91 Å². The minimum absolute atomic E-state index is 0.0105. The number of rotatable bonds is 3. The molecule has 1 saturated heterocycles. The molecular formula is C22H27N3O3S. The highest BCUT2D eigenvalue weighted by Gasteiger charge is 2.29. The Morgan fingerprint density at radius 2 is 1.79 bits per heavy atom. The molecule has 2 heterocycles. The van der Waals surface area contributed by atoms with E-state index in [0.29, 0.717) is 30.0 Å². The second-order valence-corrected chi connectivity index (χ2v) is 9.29. The van der Waals surface area contributed by atoms with Crippen LogP contribution in [0.15, 0.2) is 41.8 Å². The summed E-state index contributed by atoms with van der Waals surface area (Å²) in [5.41, 5.74) is 6.63. The highest BCUT2D eigenvalue weighted by atomic mass is 32.1. The highest BCUT2D eigenvalue weighted by Crippen LogP contribution is 2.22. The van der Waals surface area contributed by atoms with Crippen molar-refractivity contribution in [2.24, 2.45) is 5.92 Å². The number of benzene rings is 1. The van der Waals surface area contributed by atoms with Gasteiger partial charge in [-0.05, 0) is 47.4 Å². The van der Waals surface area contributed by atoms with Crippen LogP contribution in [0.25, 0.3) is 0 Å². The average molecular weight is 414 g/mol. The van der Waals surface area contributed by atoms with Gasteiger partial charge in [-0.2, -0.15) is 0 Å². The third-order valence-corrected chi connectivity index (χ3v) is 5.98. The maximum atomic E-state index is 12.5. The number of likely N-dealkylation sites (tertiary alicyclic amines) is 1. The van der Waals surface area contributed by atoms with Crippen molar-refractivity contribution in [1.82, 2.24) is 15.8 Å². The van der Waals surface area contributed by atoms with E-state index in [1.54, 1.807) is 23.1 Å². The molecule has 3 rings (SSSR count). The van der Waals surface area contributed by atoms with E-state index in [-0.39, 0.29) is 29.1 Å². The van der Waals surface area contributed by atoms with Gasteiger partial charge in [-0.1, -0.05) is 39.0 Å². The van der Waals surface area contributed by atoms with Crippen molar-refractivity contribution >= 4 is 29.1 Å². The van der Waals surface area contributed by atoms with E-state index in [1.807, 2.05) is 23.6 Å². The minimum Gasteiger partial charge on any atom is -0.337 e. The Morgan fingerprint density at radius 3 is 2.41 bits per heavy atom. The molecule has 1 fully saturated rings. The predicted octanol–water partition coefficient (Wildman–Crippen LogP) is 3.36. The summed E-state index contributed by atoms with van der Waals surface area (Å²) in [6, 6.07) is 11.0. The lowest BCUT2D eigenvalue weighted by Gasteiger charge is -2.31. The molecule has 3 amide bonds. The molecule has 0 aliphatic carbocycles. The molecule has 6 nitrogen and oxygen atoms in total. The van der Waals surface area contributed by atoms with Crippen LogP contribution in [0, 0.1) is 5.92 Å². The topological polar surface area (TPSA) is 78.5 Å². The van der Waals surface area contributed by atoms with Gasteiger partial charge in [0.25, 0.3) is 11.8 Å². The summed E-state index contributed by atoms with van der Waals surface area (Å²) in [4.78, 5) is 39.8. The number of thiophene rings is 1. The van der Waals surface area contributed by atoms with Crippen LogP contribution < -0.4 is 10.9 Å². The normalized spacial score (nSPS) is 16.9. The average Bonchev–Trinajstić information content (AvgIpc) is 3.25. The van der Waals surface area contributed by atoms with Crippen molar-refractivity contribution in [2.45, 2.75) is 39.0 Å². The van der Waals surface area contributed by atoms with Crippen LogP contribution in [0.2, 0.25) is 0 Å². The van der Waals surface area contributed by atoms with Gasteiger partial charge in [-0.15, -0.1) is 11.3 Å². The molecule has 1 atom stereocenters. The lowest BCUT2D eigenvalue weighted by Crippen LogP contribution is -2.50. The van der Waals surface area contributed by atoms with Crippen molar-refractivity contribution in [3.63, 3.8) is 0 Å². The fourth-order valence-corrected chi connectivity index (χ4v) is 4.04. The standard InChI is InChI=1S/C22H27N3O3S/c1-22(2,3)17-10-8-15(9-11-17)19(26)23-24-20(27)16-6-4-12-25(14-16)21(28)18-7-5-13-29-18/h5,7-11,13,16H,4,6,12,14H2,1-3H3,(H,23,26)(H,24,27)/t16-/m1/s1. The predicted molar refractivity (Wildman–Crippen MR) is 114 cm³/mol. The van der Waals surface area contributed by atoms with Gasteiger partial charge in [0.05, 0.1) is 10.8 Å². The Bertz CT molecular complexity index is 870. The molecular weight excluding hydrogens is 386 g/mol. The molecule has 0 unspecified atom stereocenters. The van der Waals surface area contributed by atoms with Crippen LogP contribution in [0.4, 0.5) is 0 Å². The smallest absolute Gasteiger partial charge is 0.269 e. The fourth-order valence-electron chi connectivity index (χ4n) is 3.35. The molecule has 0 saturated carbocycles. The molecule has 2 N–H and O–H groups in total. The van der Waals surface area contributed by atoms with Crippen LogP contribution in [-0.2, 0) is 10.2 Å². The van der Waals surface area contributed by atoms with Crippen LogP contribution >= 0.6 is 11.3 Å². The Hall–Kier alpha value is -2.67. The van der Waals surface area contributed by atoms with E-state index >= 15 is 0 Å². The van der Waals surface area contributed by atoms with E-state index in [2.05, 4.69) is 31.6 Å². The Morgan fingerprint density at radius 1 is 1.07 bits per heavy atom. The maximum absolute atomic E-state index is 12.5. The van der Waals surface area contributed by atoms with Gasteiger partial charge in [-0.25, -0.2) is 0 Å². The SMILES string of the molecule is CC(C)(C)c1ccc(C(=O)NNC(=O)[C@@H]2CCCN(C(=O)c3cccs3)C2)cc1. The molecule has 2 aromatic rings. The second kappa shape index (κ2) is 8.78. The second-order valence-electron chi connectivity index (χ2n) is 8.34. The largest absolute Gasteiger partial charge is 0.337 e. The van der Waals surface area contributed by atoms with Crippen LogP contribution in [-0.4, -0.2) is 35.7 Å². The number of piperidine rings is 1. The monoisotopic (exact) mass is 413 g/mol. The Balaban J connectivity index is 1.53. The van der Waals surface area contributed by atoms with Gasteiger partial charge in [0.15, 0.2) is 0 Å². The Kier molecular flexibility index (Phi) is 6.37. The summed E-state index contributed by atoms with van der Waals surface area (Å²) < 4.78 is 0. The first-order valence-electron chi connectivity index (χ1n) is 9.79. The van der Waals surface area contributed by atoms with Gasteiger partial charge in [0, 0.05) is 18.7 Å². The molecule has 1 aromatic heterocycles. The number of carbonyl (C=O) groups is 3. The zero-order chi connectivity index (χ0) is 21.0. The molecule has 1 aromatic carbocycles. The quantitative estimate of drug-likeness (QED) is 0.758. The van der Waals surface area contributed by atoms with Crippen molar-refractivity contribution < 1.29 is 14.4 Å². The third kappa shape index (κ3) is 5.23. The summed E-state index contributed by atoms with van der Waals surface area (Å²) in [5.74, 6) is -1.01. The summed E-state index contributed by atoms with van der Waals surface area (Å²) in [7, 11) is 0. The molecule has 1 aliphatic heterocycles. The Labute approximate surface area is 175 Å². The van der Waals surface area contributed by atoms with Gasteiger partial charge in [0.1, 0.15) is 0 Å². The first kappa shape index (κ1) is 21.0. The first-order valence-corrected chi connectivity index (χ1v) is 10.7. The zero-order valence-electron chi connectivity index (χ0n) is 17.0. The molecule has 1 aliphatic rings. The van der Waals surface area contributed by atoms with Crippen LogP contribution in [0.3, 0.4) is 0 Å². The zero-order valence-corrected chi connectivity index (χ0v) is 17.8. The molecule has 154 valence electrons. The van der Waals surface area contributed by atoms with Crippen molar-refractivity contribution in [1.29, 1.82) is 0 Å². The van der Waals surface area contributed by atoms with Gasteiger partial charge in [-0.3, -0.25) is 25.2 Å². The van der Waals surface area contributed by atoms with Crippen molar-refractivity contribution in [3.8, 4) is 0 Å². The third-order valence-electron chi connectivity index (χ3n) is 5.12. The van der Waals surface area contributed by atoms with E-state index in [9.17, 15) is 14.4 Å². The fraction of sp³-hybridized carbons (Fsp3) is 0.409. The van der Waals surface area contributed by atoms with E-state index < -0.39 is 0 Å². The number of hydrogen-bond acceptors (Lipinski definition) is 4. The molecule has 0 bridgehead atoms. The van der Waals surface area contributed by atoms with Gasteiger partial charge >= 0.3 is 0 Å². The number of nitrogens with one attached hydrogen (secondary N) is 2. The number of carbonyl (C=O) groups excluding carboxylic acids is 3. The molecule has 7 heteroatoms. The lowest BCUT2D eigenvalue weighted by molar-refractivity contribution is -0.127. The lowest BCUT2D eigenvalue weighted by atomic mass is 9.87. The molecule has 0 radical (unpaired) electrons. The maximum Gasteiger partial charge on any atom is 0.269 e. The minimum atomic E-state index is -0.360. The number of hydrogen-bond donors (Lipinski definition) is 2. The van der Waals surface area contributed by atoms with Crippen molar-refractivity contribution in [3.05, 3.63) is 57.8 Å². The van der Waals surface area contributed by atoms with E-state index in [0.717, 1.165) is 12.0 Å². The van der Waals surface area contributed by atoms with Gasteiger partial charge < -0.3 is 4.90 Å². The number of nitrogens with zero attached hydrogens (tertiary/aromatic N) is 1. The highest BCUT2D eigenvalue weighted by molar-refractivity contribution is 7.12. The summed E-state index contributed by atoms with van der Waals surface area (Å²) in [6.45, 7) is 7.34. The van der Waals surface area contributed by atoms with Crippen LogP contribution in [0.1, 0.15) is 59.2 Å². The summed E-state index contributed by atoms with van der Waals surface area (Å²) in [5, 5.41) is 1.87. The summed E-state index contributed by atoms with van der Waals surface area (Å²) in [6.07, 6.45) is 1.45.